The molecule has 0 aliphatic carbocycles. The maximum absolute atomic E-state index is 13.2. The van der Waals surface area contributed by atoms with Crippen LogP contribution in [0, 0.1) is 5.82 Å². The number of imidazole rings is 2. The van der Waals surface area contributed by atoms with Gasteiger partial charge in [-0.25, -0.2) is 14.4 Å². The minimum absolute atomic E-state index is 0.0403. The molecule has 1 amide bonds. The van der Waals surface area contributed by atoms with Crippen LogP contribution in [0.4, 0.5) is 4.39 Å². The first-order valence-electron chi connectivity index (χ1n) is 7.45. The van der Waals surface area contributed by atoms with E-state index in [1.165, 1.54) is 17.0 Å². The lowest BCUT2D eigenvalue weighted by molar-refractivity contribution is -0.129. The third-order valence-corrected chi connectivity index (χ3v) is 3.82. The molecule has 24 heavy (non-hydrogen) atoms. The van der Waals surface area contributed by atoms with Crippen molar-refractivity contribution in [3.05, 3.63) is 48.9 Å². The van der Waals surface area contributed by atoms with Crippen LogP contribution < -0.4 is 0 Å². The molecule has 3 aromatic rings. The maximum Gasteiger partial charge on any atom is 0.242 e. The van der Waals surface area contributed by atoms with Crippen LogP contribution in [-0.2, 0) is 18.4 Å². The predicted molar refractivity (Wildman–Crippen MR) is 88.5 cm³/mol. The van der Waals surface area contributed by atoms with Gasteiger partial charge in [0, 0.05) is 26.7 Å². The summed E-state index contributed by atoms with van der Waals surface area (Å²) in [6.45, 7) is 0.168. The molecule has 0 atom stereocenters. The number of halogens is 1. The van der Waals surface area contributed by atoms with Crippen LogP contribution in [0.2, 0.25) is 0 Å². The van der Waals surface area contributed by atoms with Crippen molar-refractivity contribution in [2.75, 3.05) is 14.1 Å². The molecular weight excluding hydrogens is 309 g/mol. The largest absolute Gasteiger partial charge is 0.347 e. The Kier molecular flexibility index (Phi) is 4.16. The molecule has 6 nitrogen and oxygen atoms in total. The molecule has 124 valence electrons. The summed E-state index contributed by atoms with van der Waals surface area (Å²) in [6, 6.07) is 6.14. The molecule has 0 saturated heterocycles. The Hall–Kier alpha value is -2.96. The highest BCUT2D eigenvalue weighted by Crippen LogP contribution is 2.31. The van der Waals surface area contributed by atoms with Gasteiger partial charge in [-0.05, 0) is 24.3 Å². The van der Waals surface area contributed by atoms with Crippen molar-refractivity contribution in [1.29, 1.82) is 0 Å². The first-order chi connectivity index (χ1) is 11.5. The number of benzene rings is 1. The predicted octanol–water partition coefficient (Wildman–Crippen LogP) is 2.18. The van der Waals surface area contributed by atoms with E-state index in [0.29, 0.717) is 5.69 Å². The molecular formula is C17H18FN5O. The molecule has 0 bridgehead atoms. The van der Waals surface area contributed by atoms with E-state index >= 15 is 0 Å². The summed E-state index contributed by atoms with van der Waals surface area (Å²) >= 11 is 0. The molecule has 0 aliphatic heterocycles. The van der Waals surface area contributed by atoms with Crippen LogP contribution in [0.1, 0.15) is 0 Å². The highest BCUT2D eigenvalue weighted by Gasteiger charge is 2.19. The number of amides is 1. The van der Waals surface area contributed by atoms with Gasteiger partial charge in [-0.15, -0.1) is 0 Å². The van der Waals surface area contributed by atoms with Gasteiger partial charge in [0.25, 0.3) is 0 Å². The minimum Gasteiger partial charge on any atom is -0.347 e. The van der Waals surface area contributed by atoms with Gasteiger partial charge in [0.1, 0.15) is 12.4 Å². The molecule has 0 saturated carbocycles. The van der Waals surface area contributed by atoms with Crippen molar-refractivity contribution in [2.45, 2.75) is 6.54 Å². The summed E-state index contributed by atoms with van der Waals surface area (Å²) in [6.07, 6.45) is 5.04. The quantitative estimate of drug-likeness (QED) is 0.738. The lowest BCUT2D eigenvalue weighted by Crippen LogP contribution is -2.26. The molecule has 0 N–H and O–H groups in total. The summed E-state index contributed by atoms with van der Waals surface area (Å²) in [5, 5.41) is 0. The van der Waals surface area contributed by atoms with E-state index in [9.17, 15) is 9.18 Å². The van der Waals surface area contributed by atoms with Crippen molar-refractivity contribution >= 4 is 5.91 Å². The van der Waals surface area contributed by atoms with Gasteiger partial charge in [-0.2, -0.15) is 0 Å². The highest BCUT2D eigenvalue weighted by atomic mass is 19.1. The summed E-state index contributed by atoms with van der Waals surface area (Å²) < 4.78 is 16.9. The maximum atomic E-state index is 13.2. The first-order valence-corrected chi connectivity index (χ1v) is 7.45. The lowest BCUT2D eigenvalue weighted by Gasteiger charge is -2.14. The van der Waals surface area contributed by atoms with Gasteiger partial charge in [0.15, 0.2) is 0 Å². The van der Waals surface area contributed by atoms with Crippen LogP contribution in [0.25, 0.3) is 22.6 Å². The number of likely N-dealkylation sites (N-methyl/N-ethyl adjacent to an activating group) is 1. The summed E-state index contributed by atoms with van der Waals surface area (Å²) in [4.78, 5) is 22.2. The molecule has 2 heterocycles. The van der Waals surface area contributed by atoms with Gasteiger partial charge < -0.3 is 14.0 Å². The number of rotatable bonds is 4. The Labute approximate surface area is 139 Å². The molecule has 7 heteroatoms. The fourth-order valence-electron chi connectivity index (χ4n) is 2.46. The Morgan fingerprint density at radius 1 is 1.21 bits per heavy atom. The van der Waals surface area contributed by atoms with Crippen molar-refractivity contribution in [2.24, 2.45) is 7.05 Å². The number of aromatic nitrogens is 4. The van der Waals surface area contributed by atoms with E-state index in [4.69, 9.17) is 0 Å². The van der Waals surface area contributed by atoms with E-state index in [0.717, 1.165) is 17.0 Å². The van der Waals surface area contributed by atoms with E-state index in [-0.39, 0.29) is 18.3 Å². The molecule has 0 unspecified atom stereocenters. The second kappa shape index (κ2) is 6.27. The molecule has 1 aromatic carbocycles. The SMILES string of the molecule is CN(C)C(=O)Cn1cnc(-c2ccc(F)cc2)c1-c1cncn1C. The number of hydrogen-bond donors (Lipinski definition) is 0. The van der Waals surface area contributed by atoms with Gasteiger partial charge >= 0.3 is 0 Å². The number of nitrogens with zero attached hydrogens (tertiary/aromatic N) is 5. The normalized spacial score (nSPS) is 10.8. The van der Waals surface area contributed by atoms with Crippen molar-refractivity contribution in [3.63, 3.8) is 0 Å². The van der Waals surface area contributed by atoms with E-state index in [2.05, 4.69) is 9.97 Å². The zero-order valence-corrected chi connectivity index (χ0v) is 13.8. The van der Waals surface area contributed by atoms with Gasteiger partial charge in [-0.1, -0.05) is 0 Å². The van der Waals surface area contributed by atoms with Gasteiger partial charge in [0.2, 0.25) is 5.91 Å². The van der Waals surface area contributed by atoms with Gasteiger partial charge in [-0.3, -0.25) is 4.79 Å². The number of carbonyl (C=O) groups is 1. The molecule has 2 aromatic heterocycles. The highest BCUT2D eigenvalue weighted by molar-refractivity contribution is 5.80. The van der Waals surface area contributed by atoms with Crippen LogP contribution in [0.5, 0.6) is 0 Å². The van der Waals surface area contributed by atoms with Crippen LogP contribution in [0.3, 0.4) is 0 Å². The Morgan fingerprint density at radius 2 is 1.92 bits per heavy atom. The van der Waals surface area contributed by atoms with Gasteiger partial charge in [0.05, 0.1) is 35.9 Å². The Morgan fingerprint density at radius 3 is 2.50 bits per heavy atom. The molecule has 3 rings (SSSR count). The second-order valence-corrected chi connectivity index (χ2v) is 5.75. The first kappa shape index (κ1) is 15.9. The average molecular weight is 327 g/mol. The van der Waals surface area contributed by atoms with E-state index in [1.807, 2.05) is 11.6 Å². The third kappa shape index (κ3) is 2.92. The molecule has 0 fully saturated rings. The summed E-state index contributed by atoms with van der Waals surface area (Å²) in [5.74, 6) is -0.343. The lowest BCUT2D eigenvalue weighted by atomic mass is 10.1. The zero-order valence-electron chi connectivity index (χ0n) is 13.8. The molecule has 0 spiro atoms. The number of carbonyl (C=O) groups excluding carboxylic acids is 1. The Bertz CT molecular complexity index is 863. The monoisotopic (exact) mass is 327 g/mol. The van der Waals surface area contributed by atoms with Crippen molar-refractivity contribution in [3.8, 4) is 22.6 Å². The smallest absolute Gasteiger partial charge is 0.242 e. The Balaban J connectivity index is 2.13. The van der Waals surface area contributed by atoms with Crippen molar-refractivity contribution < 1.29 is 9.18 Å². The third-order valence-electron chi connectivity index (χ3n) is 3.82. The fraction of sp³-hybridized carbons (Fsp3) is 0.235. The summed E-state index contributed by atoms with van der Waals surface area (Å²) in [7, 11) is 5.30. The molecule has 0 radical (unpaired) electrons. The fourth-order valence-corrected chi connectivity index (χ4v) is 2.46. The summed E-state index contributed by atoms with van der Waals surface area (Å²) in [5.41, 5.74) is 3.07. The number of aryl methyl sites for hydroxylation is 1. The molecule has 0 aliphatic rings. The van der Waals surface area contributed by atoms with E-state index in [1.54, 1.807) is 49.6 Å². The topological polar surface area (TPSA) is 56.0 Å². The second-order valence-electron chi connectivity index (χ2n) is 5.75. The minimum atomic E-state index is -0.303. The van der Waals surface area contributed by atoms with Crippen LogP contribution >= 0.6 is 0 Å². The number of hydrogen-bond acceptors (Lipinski definition) is 3. The zero-order chi connectivity index (χ0) is 17.3. The standard InChI is InChI=1S/C17H18FN5O/c1-21(2)15(24)9-23-11-20-16(12-4-6-13(18)7-5-12)17(23)14-8-19-10-22(14)3/h4-8,10-11H,9H2,1-3H3. The average Bonchev–Trinajstić information content (AvgIpc) is 3.14. The van der Waals surface area contributed by atoms with Crippen LogP contribution in [-0.4, -0.2) is 44.0 Å². The van der Waals surface area contributed by atoms with Crippen molar-refractivity contribution in [1.82, 2.24) is 24.0 Å². The van der Waals surface area contributed by atoms with E-state index < -0.39 is 0 Å². The van der Waals surface area contributed by atoms with Crippen LogP contribution in [0.15, 0.2) is 43.1 Å².